The highest BCUT2D eigenvalue weighted by atomic mass is 16.5. The van der Waals surface area contributed by atoms with E-state index >= 15 is 0 Å². The molecule has 0 spiro atoms. The number of nitriles is 1. The molecule has 1 aliphatic carbocycles. The zero-order chi connectivity index (χ0) is 21.2. The molecule has 4 nitrogen and oxygen atoms in total. The van der Waals surface area contributed by atoms with E-state index in [4.69, 9.17) is 14.7 Å². The van der Waals surface area contributed by atoms with E-state index in [1.165, 1.54) is 44.9 Å². The van der Waals surface area contributed by atoms with Crippen LogP contribution in [0.15, 0.2) is 48.5 Å². The van der Waals surface area contributed by atoms with E-state index < -0.39 is 5.97 Å². The van der Waals surface area contributed by atoms with Gasteiger partial charge in [0.15, 0.2) is 0 Å². The van der Waals surface area contributed by atoms with Crippen LogP contribution < -0.4 is 9.47 Å². The smallest absolute Gasteiger partial charge is 0.343 e. The molecule has 1 saturated carbocycles. The fraction of sp³-hybridized carbons (Fsp3) is 0.462. The second-order valence-electron chi connectivity index (χ2n) is 8.22. The normalized spacial score (nSPS) is 18.4. The van der Waals surface area contributed by atoms with Gasteiger partial charge in [-0.05, 0) is 73.2 Å². The highest BCUT2D eigenvalue weighted by molar-refractivity contribution is 5.91. The van der Waals surface area contributed by atoms with Crippen LogP contribution in [0, 0.1) is 23.2 Å². The lowest BCUT2D eigenvalue weighted by Crippen LogP contribution is -2.15. The summed E-state index contributed by atoms with van der Waals surface area (Å²) in [6, 6.07) is 15.6. The zero-order valence-corrected chi connectivity index (χ0v) is 17.8. The van der Waals surface area contributed by atoms with Crippen LogP contribution in [-0.2, 0) is 0 Å². The van der Waals surface area contributed by atoms with Gasteiger partial charge < -0.3 is 9.47 Å². The van der Waals surface area contributed by atoms with Gasteiger partial charge in [-0.2, -0.15) is 5.26 Å². The molecule has 0 amide bonds. The minimum Gasteiger partial charge on any atom is -0.494 e. The van der Waals surface area contributed by atoms with Gasteiger partial charge >= 0.3 is 5.97 Å². The molecule has 4 heteroatoms. The summed E-state index contributed by atoms with van der Waals surface area (Å²) in [5, 5.41) is 8.82. The number of ether oxygens (including phenoxy) is 2. The van der Waals surface area contributed by atoms with E-state index in [0.717, 1.165) is 24.0 Å². The average molecular weight is 406 g/mol. The predicted molar refractivity (Wildman–Crippen MR) is 118 cm³/mol. The number of hydrogen-bond donors (Lipinski definition) is 0. The molecule has 1 fully saturated rings. The van der Waals surface area contributed by atoms with Gasteiger partial charge in [0.1, 0.15) is 11.5 Å². The standard InChI is InChI=1S/C26H31NO3/c1-2-4-20-6-8-21(9-7-20)5-3-18-29-24-16-12-23(13-17-24)26(28)30-25-14-10-22(19-27)11-15-25/h10-17,20-21H,2-9,18H2,1H3/t20-,21-. The highest BCUT2D eigenvalue weighted by Crippen LogP contribution is 2.33. The fourth-order valence-electron chi connectivity index (χ4n) is 4.23. The van der Waals surface area contributed by atoms with Crippen molar-refractivity contribution in [1.82, 2.24) is 0 Å². The largest absolute Gasteiger partial charge is 0.494 e. The van der Waals surface area contributed by atoms with Crippen LogP contribution in [0.2, 0.25) is 0 Å². The van der Waals surface area contributed by atoms with Crippen LogP contribution >= 0.6 is 0 Å². The molecular weight excluding hydrogens is 374 g/mol. The van der Waals surface area contributed by atoms with Gasteiger partial charge in [0.05, 0.1) is 23.8 Å². The number of carbonyl (C=O) groups is 1. The first kappa shape index (κ1) is 21.9. The third kappa shape index (κ3) is 6.62. The van der Waals surface area contributed by atoms with E-state index in [-0.39, 0.29) is 0 Å². The van der Waals surface area contributed by atoms with Crippen LogP contribution in [-0.4, -0.2) is 12.6 Å². The summed E-state index contributed by atoms with van der Waals surface area (Å²) in [4.78, 5) is 12.3. The summed E-state index contributed by atoms with van der Waals surface area (Å²) in [7, 11) is 0. The second kappa shape index (κ2) is 11.4. The Labute approximate surface area is 179 Å². The lowest BCUT2D eigenvalue weighted by Gasteiger charge is -2.28. The molecule has 1 aliphatic rings. The number of esters is 1. The molecule has 158 valence electrons. The van der Waals surface area contributed by atoms with E-state index in [1.54, 1.807) is 36.4 Å². The SMILES string of the molecule is CCC[C@H]1CC[C@H](CCCOc2ccc(C(=O)Oc3ccc(C#N)cc3)cc2)CC1. The summed E-state index contributed by atoms with van der Waals surface area (Å²) in [5.74, 6) is 2.59. The summed E-state index contributed by atoms with van der Waals surface area (Å²) in [6.07, 6.45) is 10.6. The number of benzene rings is 2. The fourth-order valence-corrected chi connectivity index (χ4v) is 4.23. The topological polar surface area (TPSA) is 59.3 Å². The molecular formula is C26H31NO3. The van der Waals surface area contributed by atoms with Gasteiger partial charge in [0, 0.05) is 0 Å². The molecule has 0 saturated heterocycles. The first-order valence-corrected chi connectivity index (χ1v) is 11.1. The molecule has 0 bridgehead atoms. The van der Waals surface area contributed by atoms with Crippen molar-refractivity contribution < 1.29 is 14.3 Å². The summed E-state index contributed by atoms with van der Waals surface area (Å²) >= 11 is 0. The van der Waals surface area contributed by atoms with Gasteiger partial charge in [0.25, 0.3) is 0 Å². The average Bonchev–Trinajstić information content (AvgIpc) is 2.79. The third-order valence-electron chi connectivity index (χ3n) is 5.97. The Bertz CT molecular complexity index is 828. The number of rotatable bonds is 9. The molecule has 3 rings (SSSR count). The Kier molecular flexibility index (Phi) is 8.32. The van der Waals surface area contributed by atoms with Gasteiger partial charge in [-0.1, -0.05) is 45.4 Å². The monoisotopic (exact) mass is 405 g/mol. The molecule has 0 unspecified atom stereocenters. The lowest BCUT2D eigenvalue weighted by molar-refractivity contribution is 0.0734. The van der Waals surface area contributed by atoms with Crippen molar-refractivity contribution in [3.8, 4) is 17.6 Å². The van der Waals surface area contributed by atoms with Crippen molar-refractivity contribution in [2.24, 2.45) is 11.8 Å². The maximum atomic E-state index is 12.3. The Morgan fingerprint density at radius 2 is 1.53 bits per heavy atom. The molecule has 0 atom stereocenters. The van der Waals surface area contributed by atoms with Gasteiger partial charge in [-0.15, -0.1) is 0 Å². The van der Waals surface area contributed by atoms with Crippen LogP contribution in [0.4, 0.5) is 0 Å². The Hall–Kier alpha value is -2.80. The van der Waals surface area contributed by atoms with Crippen LogP contribution in [0.1, 0.15) is 74.2 Å². The van der Waals surface area contributed by atoms with Gasteiger partial charge in [-0.3, -0.25) is 0 Å². The van der Waals surface area contributed by atoms with Crippen LogP contribution in [0.5, 0.6) is 11.5 Å². The molecule has 30 heavy (non-hydrogen) atoms. The Balaban J connectivity index is 1.37. The van der Waals surface area contributed by atoms with Crippen molar-refractivity contribution in [1.29, 1.82) is 5.26 Å². The van der Waals surface area contributed by atoms with Crippen LogP contribution in [0.3, 0.4) is 0 Å². The lowest BCUT2D eigenvalue weighted by atomic mass is 9.78. The van der Waals surface area contributed by atoms with Crippen molar-refractivity contribution >= 4 is 5.97 Å². The molecule has 2 aromatic rings. The van der Waals surface area contributed by atoms with E-state index in [2.05, 4.69) is 6.92 Å². The van der Waals surface area contributed by atoms with Gasteiger partial charge in [0.2, 0.25) is 0 Å². The van der Waals surface area contributed by atoms with Crippen molar-refractivity contribution in [3.05, 3.63) is 59.7 Å². The molecule has 0 aromatic heterocycles. The quantitative estimate of drug-likeness (QED) is 0.270. The molecule has 0 N–H and O–H groups in total. The minimum absolute atomic E-state index is 0.419. The molecule has 2 aromatic carbocycles. The molecule has 0 aliphatic heterocycles. The summed E-state index contributed by atoms with van der Waals surface area (Å²) in [5.41, 5.74) is 0.996. The predicted octanol–water partition coefficient (Wildman–Crippen LogP) is 6.54. The Morgan fingerprint density at radius 3 is 2.13 bits per heavy atom. The number of carbonyl (C=O) groups excluding carboxylic acids is 1. The number of nitrogens with zero attached hydrogens (tertiary/aromatic N) is 1. The number of hydrogen-bond acceptors (Lipinski definition) is 4. The molecule has 0 heterocycles. The highest BCUT2D eigenvalue weighted by Gasteiger charge is 2.20. The maximum absolute atomic E-state index is 12.3. The first-order valence-electron chi connectivity index (χ1n) is 11.1. The van der Waals surface area contributed by atoms with Gasteiger partial charge in [-0.25, -0.2) is 4.79 Å². The second-order valence-corrected chi connectivity index (χ2v) is 8.22. The van der Waals surface area contributed by atoms with Crippen molar-refractivity contribution in [2.45, 2.75) is 58.3 Å². The van der Waals surface area contributed by atoms with E-state index in [1.807, 2.05) is 18.2 Å². The summed E-state index contributed by atoms with van der Waals surface area (Å²) < 4.78 is 11.2. The maximum Gasteiger partial charge on any atom is 0.343 e. The third-order valence-corrected chi connectivity index (χ3v) is 5.97. The van der Waals surface area contributed by atoms with Crippen molar-refractivity contribution in [2.75, 3.05) is 6.61 Å². The van der Waals surface area contributed by atoms with Crippen LogP contribution in [0.25, 0.3) is 0 Å². The van der Waals surface area contributed by atoms with Crippen molar-refractivity contribution in [3.63, 3.8) is 0 Å². The minimum atomic E-state index is -0.426. The van der Waals surface area contributed by atoms with E-state index in [9.17, 15) is 4.79 Å². The molecule has 0 radical (unpaired) electrons. The Morgan fingerprint density at radius 1 is 0.933 bits per heavy atom. The first-order chi connectivity index (χ1) is 14.7. The zero-order valence-electron chi connectivity index (χ0n) is 17.8. The van der Waals surface area contributed by atoms with E-state index in [0.29, 0.717) is 23.5 Å². The summed E-state index contributed by atoms with van der Waals surface area (Å²) in [6.45, 7) is 3.00.